The Balaban J connectivity index is 1.03. The molecule has 3 aromatic heterocycles. The molecule has 0 unspecified atom stereocenters. The molecule has 0 amide bonds. The van der Waals surface area contributed by atoms with Crippen LogP contribution in [0.1, 0.15) is 0 Å². The molecular formula is C69H45N5. The lowest BCUT2D eigenvalue weighted by molar-refractivity contribution is 0.953. The fourth-order valence-corrected chi connectivity index (χ4v) is 10.9. The standard InChI is InChI=1S/C69H45N5/c1-5-20-46(21-6-1)51-26-17-28-53(42-51)48-38-40-49(41-39-48)60-45-61-58-34-13-15-36-62(58)73(57-32-11-4-12-33-57)65(61)66-64(60)59-35-14-16-37-63(59)74(66)69-71-67(50-24-9-3-10-25-50)70-68(72-69)56-31-19-30-55(44-56)54-29-18-27-52(43-54)47-22-7-2-8-23-47/h1-45H. The maximum atomic E-state index is 5.54. The van der Waals surface area contributed by atoms with Gasteiger partial charge in [0.05, 0.1) is 22.1 Å². The van der Waals surface area contributed by atoms with Gasteiger partial charge in [-0.1, -0.05) is 224 Å². The van der Waals surface area contributed by atoms with Crippen molar-refractivity contribution >= 4 is 43.6 Å². The molecule has 5 heteroatoms. The van der Waals surface area contributed by atoms with E-state index in [1.54, 1.807) is 0 Å². The minimum Gasteiger partial charge on any atom is -0.307 e. The first-order chi connectivity index (χ1) is 36.7. The molecule has 0 bridgehead atoms. The van der Waals surface area contributed by atoms with Crippen LogP contribution >= 0.6 is 0 Å². The number of rotatable bonds is 9. The fourth-order valence-electron chi connectivity index (χ4n) is 10.9. The highest BCUT2D eigenvalue weighted by molar-refractivity contribution is 6.28. The minimum absolute atomic E-state index is 0.536. The highest BCUT2D eigenvalue weighted by Gasteiger charge is 2.26. The first-order valence-corrected chi connectivity index (χ1v) is 25.1. The van der Waals surface area contributed by atoms with Gasteiger partial charge in [0.2, 0.25) is 5.95 Å². The maximum absolute atomic E-state index is 5.54. The highest BCUT2D eigenvalue weighted by Crippen LogP contribution is 2.46. The zero-order valence-electron chi connectivity index (χ0n) is 40.2. The zero-order chi connectivity index (χ0) is 49.0. The van der Waals surface area contributed by atoms with Crippen LogP contribution in [0.15, 0.2) is 273 Å². The van der Waals surface area contributed by atoms with E-state index in [-0.39, 0.29) is 0 Å². The van der Waals surface area contributed by atoms with Crippen molar-refractivity contribution in [3.63, 3.8) is 0 Å². The van der Waals surface area contributed by atoms with Crippen LogP contribution in [0.3, 0.4) is 0 Å². The van der Waals surface area contributed by atoms with Crippen LogP contribution < -0.4 is 0 Å². The van der Waals surface area contributed by atoms with Crippen LogP contribution in [0.25, 0.3) is 134 Å². The molecule has 14 rings (SSSR count). The van der Waals surface area contributed by atoms with Crippen molar-refractivity contribution in [3.05, 3.63) is 273 Å². The lowest BCUT2D eigenvalue weighted by Crippen LogP contribution is -2.07. The predicted octanol–water partition coefficient (Wildman–Crippen LogP) is 17.7. The van der Waals surface area contributed by atoms with Gasteiger partial charge in [0.15, 0.2) is 11.6 Å². The molecular weight excluding hydrogens is 899 g/mol. The molecule has 14 aromatic rings. The van der Waals surface area contributed by atoms with Crippen molar-refractivity contribution in [2.75, 3.05) is 0 Å². The smallest absolute Gasteiger partial charge is 0.238 e. The van der Waals surface area contributed by atoms with Crippen molar-refractivity contribution in [1.29, 1.82) is 0 Å². The second-order valence-corrected chi connectivity index (χ2v) is 18.8. The Morgan fingerprint density at radius 3 is 1.23 bits per heavy atom. The van der Waals surface area contributed by atoms with Gasteiger partial charge in [-0.15, -0.1) is 0 Å². The number of hydrogen-bond donors (Lipinski definition) is 0. The number of aromatic nitrogens is 5. The SMILES string of the molecule is c1ccc(-c2cccc(-c3ccc(-c4cc5c6ccccc6n(-c6ccccc6)c5c5c4c4ccccc4n5-c4nc(-c5ccccc5)nc(-c5cccc(-c6cccc(-c7ccccc7)c6)c5)n4)cc3)c2)cc1. The van der Waals surface area contributed by atoms with Crippen LogP contribution in [0.4, 0.5) is 0 Å². The van der Waals surface area contributed by atoms with Gasteiger partial charge in [-0.05, 0) is 104 Å². The summed E-state index contributed by atoms with van der Waals surface area (Å²) in [6.45, 7) is 0. The van der Waals surface area contributed by atoms with E-state index in [2.05, 4.69) is 264 Å². The molecule has 11 aromatic carbocycles. The van der Waals surface area contributed by atoms with E-state index in [9.17, 15) is 0 Å². The average Bonchev–Trinajstić information content (AvgIpc) is 4.10. The number of fused-ring (bicyclic) bond motifs is 7. The van der Waals surface area contributed by atoms with Gasteiger partial charge in [-0.3, -0.25) is 4.57 Å². The minimum atomic E-state index is 0.536. The van der Waals surface area contributed by atoms with Crippen LogP contribution in [-0.2, 0) is 0 Å². The number of benzene rings is 11. The van der Waals surface area contributed by atoms with Gasteiger partial charge >= 0.3 is 0 Å². The Morgan fingerprint density at radius 1 is 0.243 bits per heavy atom. The molecule has 0 aliphatic rings. The van der Waals surface area contributed by atoms with E-state index in [0.29, 0.717) is 17.6 Å². The maximum Gasteiger partial charge on any atom is 0.238 e. The molecule has 346 valence electrons. The lowest BCUT2D eigenvalue weighted by atomic mass is 9.94. The Morgan fingerprint density at radius 2 is 0.649 bits per heavy atom. The van der Waals surface area contributed by atoms with Gasteiger partial charge in [-0.25, -0.2) is 4.98 Å². The average molecular weight is 944 g/mol. The van der Waals surface area contributed by atoms with E-state index in [4.69, 9.17) is 15.0 Å². The second-order valence-electron chi connectivity index (χ2n) is 18.8. The van der Waals surface area contributed by atoms with Crippen molar-refractivity contribution in [2.45, 2.75) is 0 Å². The normalized spacial score (nSPS) is 11.5. The summed E-state index contributed by atoms with van der Waals surface area (Å²) >= 11 is 0. The molecule has 5 nitrogen and oxygen atoms in total. The van der Waals surface area contributed by atoms with Crippen molar-refractivity contribution in [1.82, 2.24) is 24.1 Å². The fraction of sp³-hybridized carbons (Fsp3) is 0. The topological polar surface area (TPSA) is 48.5 Å². The summed E-state index contributed by atoms with van der Waals surface area (Å²) in [6.07, 6.45) is 0. The van der Waals surface area contributed by atoms with Crippen molar-refractivity contribution in [2.24, 2.45) is 0 Å². The Hall–Kier alpha value is -9.97. The molecule has 0 saturated carbocycles. The third kappa shape index (κ3) is 7.46. The zero-order valence-corrected chi connectivity index (χ0v) is 40.2. The van der Waals surface area contributed by atoms with Crippen LogP contribution in [0.5, 0.6) is 0 Å². The first kappa shape index (κ1) is 42.9. The van der Waals surface area contributed by atoms with E-state index in [1.165, 1.54) is 22.3 Å². The Labute approximate surface area is 428 Å². The van der Waals surface area contributed by atoms with Crippen LogP contribution in [0, 0.1) is 0 Å². The van der Waals surface area contributed by atoms with Crippen molar-refractivity contribution < 1.29 is 0 Å². The quantitative estimate of drug-likeness (QED) is 0.145. The second kappa shape index (κ2) is 18.0. The number of nitrogens with zero attached hydrogens (tertiary/aromatic N) is 5. The van der Waals surface area contributed by atoms with Crippen LogP contribution in [-0.4, -0.2) is 24.1 Å². The number of hydrogen-bond acceptors (Lipinski definition) is 3. The van der Waals surface area contributed by atoms with Crippen LogP contribution in [0.2, 0.25) is 0 Å². The monoisotopic (exact) mass is 943 g/mol. The lowest BCUT2D eigenvalue weighted by Gasteiger charge is -2.15. The molecule has 0 N–H and O–H groups in total. The molecule has 0 atom stereocenters. The highest BCUT2D eigenvalue weighted by atomic mass is 15.2. The Bertz CT molecular complexity index is 4390. The van der Waals surface area contributed by atoms with Gasteiger partial charge in [0, 0.05) is 38.4 Å². The summed E-state index contributed by atoms with van der Waals surface area (Å²) in [4.78, 5) is 16.3. The van der Waals surface area contributed by atoms with Crippen molar-refractivity contribution in [3.8, 4) is 90.0 Å². The largest absolute Gasteiger partial charge is 0.307 e. The molecule has 0 spiro atoms. The Kier molecular flexibility index (Phi) is 10.4. The van der Waals surface area contributed by atoms with Gasteiger partial charge in [0.25, 0.3) is 0 Å². The summed E-state index contributed by atoms with van der Waals surface area (Å²) in [7, 11) is 0. The summed E-state index contributed by atoms with van der Waals surface area (Å²) in [6, 6.07) is 97.2. The molecule has 3 heterocycles. The molecule has 0 aliphatic carbocycles. The van der Waals surface area contributed by atoms with Gasteiger partial charge in [-0.2, -0.15) is 9.97 Å². The third-order valence-electron chi connectivity index (χ3n) is 14.4. The third-order valence-corrected chi connectivity index (χ3v) is 14.4. The molecule has 74 heavy (non-hydrogen) atoms. The van der Waals surface area contributed by atoms with Gasteiger partial charge in [0.1, 0.15) is 0 Å². The molecule has 0 radical (unpaired) electrons. The predicted molar refractivity (Wildman–Crippen MR) is 307 cm³/mol. The molecule has 0 aliphatic heterocycles. The summed E-state index contributed by atoms with van der Waals surface area (Å²) < 4.78 is 4.71. The van der Waals surface area contributed by atoms with E-state index >= 15 is 0 Å². The summed E-state index contributed by atoms with van der Waals surface area (Å²) in [5.74, 6) is 1.72. The van der Waals surface area contributed by atoms with E-state index in [0.717, 1.165) is 93.8 Å². The summed E-state index contributed by atoms with van der Waals surface area (Å²) in [5.41, 5.74) is 18.6. The summed E-state index contributed by atoms with van der Waals surface area (Å²) in [5, 5.41) is 4.52. The first-order valence-electron chi connectivity index (χ1n) is 25.1. The molecule has 0 saturated heterocycles. The number of para-hydroxylation sites is 3. The van der Waals surface area contributed by atoms with E-state index < -0.39 is 0 Å². The molecule has 0 fully saturated rings. The van der Waals surface area contributed by atoms with E-state index in [1.807, 2.05) is 18.2 Å². The van der Waals surface area contributed by atoms with Gasteiger partial charge < -0.3 is 4.57 Å².